The normalized spacial score (nSPS) is 11.3. The third-order valence-electron chi connectivity index (χ3n) is 2.69. The number of ether oxygens (including phenoxy) is 1. The maximum atomic E-state index is 11.8. The van der Waals surface area contributed by atoms with Crippen LogP contribution in [-0.2, 0) is 4.79 Å². The van der Waals surface area contributed by atoms with E-state index in [1.54, 1.807) is 7.11 Å². The van der Waals surface area contributed by atoms with Crippen molar-refractivity contribution in [2.45, 2.75) is 18.2 Å². The molecule has 1 N–H and O–H groups in total. The molecular weight excluding hydrogens is 320 g/mol. The molecule has 1 aromatic heterocycles. The molecule has 22 heavy (non-hydrogen) atoms. The van der Waals surface area contributed by atoms with Gasteiger partial charge in [0.05, 0.1) is 18.6 Å². The minimum Gasteiger partial charge on any atom is -0.497 e. The summed E-state index contributed by atoms with van der Waals surface area (Å²) in [5.41, 5.74) is 4.19. The molecule has 116 valence electrons. The first kappa shape index (κ1) is 16.4. The molecular formula is C14H16N4O2S2. The van der Waals surface area contributed by atoms with Crippen molar-refractivity contribution in [3.63, 3.8) is 0 Å². The van der Waals surface area contributed by atoms with E-state index in [0.29, 0.717) is 0 Å². The number of methoxy groups -OCH3 is 1. The number of aromatic nitrogens is 2. The van der Waals surface area contributed by atoms with Crippen LogP contribution in [0.15, 0.2) is 33.7 Å². The van der Waals surface area contributed by atoms with Crippen molar-refractivity contribution in [3.8, 4) is 5.75 Å². The Balaban J connectivity index is 1.85. The summed E-state index contributed by atoms with van der Waals surface area (Å²) in [5.74, 6) is 0.864. The highest BCUT2D eigenvalue weighted by Crippen LogP contribution is 2.21. The predicted molar refractivity (Wildman–Crippen MR) is 88.7 cm³/mol. The van der Waals surface area contributed by atoms with Crippen LogP contribution in [0, 0.1) is 6.92 Å². The second-order valence-corrected chi connectivity index (χ2v) is 6.74. The van der Waals surface area contributed by atoms with Gasteiger partial charge in [-0.1, -0.05) is 23.1 Å². The van der Waals surface area contributed by atoms with E-state index in [0.717, 1.165) is 26.4 Å². The predicted octanol–water partition coefficient (Wildman–Crippen LogP) is 2.49. The summed E-state index contributed by atoms with van der Waals surface area (Å²) >= 11 is 2.82. The van der Waals surface area contributed by atoms with Gasteiger partial charge in [0.2, 0.25) is 0 Å². The molecule has 0 aliphatic heterocycles. The lowest BCUT2D eigenvalue weighted by Crippen LogP contribution is -2.21. The minimum absolute atomic E-state index is 0.175. The quantitative estimate of drug-likeness (QED) is 0.498. The standard InChI is InChI=1S/C14H16N4O2S2/c1-9(11-4-6-12(20-3)7-5-11)15-17-13(19)8-21-14-18-16-10(2)22-14/h4-7H,8H2,1-3H3,(H,17,19). The Morgan fingerprint density at radius 3 is 2.68 bits per heavy atom. The Morgan fingerprint density at radius 1 is 1.36 bits per heavy atom. The molecule has 0 saturated heterocycles. The van der Waals surface area contributed by atoms with Crippen molar-refractivity contribution in [1.82, 2.24) is 15.6 Å². The molecule has 6 nitrogen and oxygen atoms in total. The lowest BCUT2D eigenvalue weighted by atomic mass is 10.1. The van der Waals surface area contributed by atoms with Gasteiger partial charge in [-0.2, -0.15) is 5.10 Å². The van der Waals surface area contributed by atoms with E-state index < -0.39 is 0 Å². The zero-order valence-corrected chi connectivity index (χ0v) is 14.1. The lowest BCUT2D eigenvalue weighted by Gasteiger charge is -2.04. The van der Waals surface area contributed by atoms with E-state index in [1.807, 2.05) is 38.1 Å². The number of hydrogen-bond acceptors (Lipinski definition) is 7. The molecule has 2 rings (SSSR count). The van der Waals surface area contributed by atoms with Crippen molar-refractivity contribution in [2.75, 3.05) is 12.9 Å². The smallest absolute Gasteiger partial charge is 0.250 e. The Kier molecular flexibility index (Phi) is 5.91. The fourth-order valence-electron chi connectivity index (χ4n) is 1.54. The second-order valence-electron chi connectivity index (χ2n) is 4.34. The molecule has 0 bridgehead atoms. The largest absolute Gasteiger partial charge is 0.497 e. The maximum absolute atomic E-state index is 11.8. The highest BCUT2D eigenvalue weighted by Gasteiger charge is 2.06. The highest BCUT2D eigenvalue weighted by molar-refractivity contribution is 8.01. The molecule has 8 heteroatoms. The fourth-order valence-corrected chi connectivity index (χ4v) is 3.15. The SMILES string of the molecule is COc1ccc(C(C)=NNC(=O)CSc2nnc(C)s2)cc1. The molecule has 0 fully saturated rings. The maximum Gasteiger partial charge on any atom is 0.250 e. The molecule has 0 radical (unpaired) electrons. The van der Waals surface area contributed by atoms with Crippen LogP contribution in [0.25, 0.3) is 0 Å². The average Bonchev–Trinajstić information content (AvgIpc) is 2.96. The Morgan fingerprint density at radius 2 is 2.09 bits per heavy atom. The Labute approximate surface area is 137 Å². The van der Waals surface area contributed by atoms with Crippen LogP contribution in [0.2, 0.25) is 0 Å². The van der Waals surface area contributed by atoms with E-state index in [1.165, 1.54) is 23.1 Å². The number of hydrogen-bond donors (Lipinski definition) is 1. The number of amides is 1. The molecule has 0 unspecified atom stereocenters. The first-order chi connectivity index (χ1) is 10.6. The number of aryl methyl sites for hydroxylation is 1. The molecule has 1 aromatic carbocycles. The number of thioether (sulfide) groups is 1. The van der Waals surface area contributed by atoms with Gasteiger partial charge in [-0.05, 0) is 43.7 Å². The average molecular weight is 336 g/mol. The van der Waals surface area contributed by atoms with Crippen LogP contribution in [0.3, 0.4) is 0 Å². The molecule has 0 saturated carbocycles. The van der Waals surface area contributed by atoms with E-state index in [2.05, 4.69) is 20.7 Å². The molecule has 0 atom stereocenters. The van der Waals surface area contributed by atoms with Crippen molar-refractivity contribution in [1.29, 1.82) is 0 Å². The number of benzene rings is 1. The van der Waals surface area contributed by atoms with Crippen LogP contribution in [-0.4, -0.2) is 34.7 Å². The van der Waals surface area contributed by atoms with Crippen molar-refractivity contribution >= 4 is 34.7 Å². The van der Waals surface area contributed by atoms with Gasteiger partial charge in [-0.15, -0.1) is 10.2 Å². The van der Waals surface area contributed by atoms with Crippen molar-refractivity contribution < 1.29 is 9.53 Å². The van der Waals surface area contributed by atoms with Gasteiger partial charge in [0.1, 0.15) is 10.8 Å². The zero-order valence-electron chi connectivity index (χ0n) is 12.5. The number of rotatable bonds is 6. The van der Waals surface area contributed by atoms with Crippen LogP contribution in [0.4, 0.5) is 0 Å². The molecule has 1 heterocycles. The summed E-state index contributed by atoms with van der Waals surface area (Å²) in [7, 11) is 1.62. The van der Waals surface area contributed by atoms with Gasteiger partial charge in [-0.3, -0.25) is 4.79 Å². The van der Waals surface area contributed by atoms with Gasteiger partial charge < -0.3 is 4.74 Å². The Bertz CT molecular complexity index is 668. The number of nitrogens with zero attached hydrogens (tertiary/aromatic N) is 3. The number of carbonyl (C=O) groups excluding carboxylic acids is 1. The number of carbonyl (C=O) groups is 1. The van der Waals surface area contributed by atoms with Crippen LogP contribution < -0.4 is 10.2 Å². The lowest BCUT2D eigenvalue weighted by molar-refractivity contribution is -0.118. The van der Waals surface area contributed by atoms with Gasteiger partial charge >= 0.3 is 0 Å². The second kappa shape index (κ2) is 7.90. The van der Waals surface area contributed by atoms with Gasteiger partial charge in [0, 0.05) is 0 Å². The molecule has 2 aromatic rings. The van der Waals surface area contributed by atoms with E-state index in [-0.39, 0.29) is 11.7 Å². The van der Waals surface area contributed by atoms with Crippen molar-refractivity contribution in [3.05, 3.63) is 34.8 Å². The minimum atomic E-state index is -0.175. The number of nitrogens with one attached hydrogen (secondary N) is 1. The zero-order chi connectivity index (χ0) is 15.9. The molecule has 0 spiro atoms. The van der Waals surface area contributed by atoms with E-state index in [4.69, 9.17) is 4.74 Å². The van der Waals surface area contributed by atoms with E-state index in [9.17, 15) is 4.79 Å². The van der Waals surface area contributed by atoms with Gasteiger partial charge in [0.25, 0.3) is 5.91 Å². The Hall–Kier alpha value is -1.93. The van der Waals surface area contributed by atoms with Gasteiger partial charge in [0.15, 0.2) is 4.34 Å². The van der Waals surface area contributed by atoms with Crippen molar-refractivity contribution in [2.24, 2.45) is 5.10 Å². The molecule has 0 aliphatic rings. The van der Waals surface area contributed by atoms with Gasteiger partial charge in [-0.25, -0.2) is 5.43 Å². The topological polar surface area (TPSA) is 76.5 Å². The summed E-state index contributed by atoms with van der Waals surface area (Å²) in [6, 6.07) is 7.48. The third kappa shape index (κ3) is 4.81. The monoisotopic (exact) mass is 336 g/mol. The third-order valence-corrected chi connectivity index (χ3v) is 4.66. The molecule has 0 aliphatic carbocycles. The summed E-state index contributed by atoms with van der Waals surface area (Å²) in [4.78, 5) is 11.8. The first-order valence-corrected chi connectivity index (χ1v) is 8.29. The summed E-state index contributed by atoms with van der Waals surface area (Å²) in [5, 5.41) is 12.8. The number of hydrazone groups is 1. The summed E-state index contributed by atoms with van der Waals surface area (Å²) in [6.45, 7) is 3.72. The van der Waals surface area contributed by atoms with Crippen LogP contribution in [0.1, 0.15) is 17.5 Å². The fraction of sp³-hybridized carbons (Fsp3) is 0.286. The first-order valence-electron chi connectivity index (χ1n) is 6.49. The molecule has 1 amide bonds. The van der Waals surface area contributed by atoms with Crippen LogP contribution >= 0.6 is 23.1 Å². The summed E-state index contributed by atoms with van der Waals surface area (Å²) < 4.78 is 5.88. The summed E-state index contributed by atoms with van der Waals surface area (Å²) in [6.07, 6.45) is 0. The highest BCUT2D eigenvalue weighted by atomic mass is 32.2. The van der Waals surface area contributed by atoms with E-state index >= 15 is 0 Å². The van der Waals surface area contributed by atoms with Crippen LogP contribution in [0.5, 0.6) is 5.75 Å².